The predicted molar refractivity (Wildman–Crippen MR) is 70.1 cm³/mol. The molecule has 4 nitrogen and oxygen atoms in total. The SMILES string of the molecule is CNC(c1ccn(CC(=O)NCC(F)(F)F)c1)C(C)C. The van der Waals surface area contributed by atoms with Crippen molar-refractivity contribution in [2.75, 3.05) is 13.6 Å². The molecular weight excluding hydrogens is 271 g/mol. The van der Waals surface area contributed by atoms with Crippen LogP contribution >= 0.6 is 0 Å². The van der Waals surface area contributed by atoms with Crippen LogP contribution in [0.5, 0.6) is 0 Å². The molecule has 0 spiro atoms. The monoisotopic (exact) mass is 291 g/mol. The summed E-state index contributed by atoms with van der Waals surface area (Å²) in [5.74, 6) is -0.287. The van der Waals surface area contributed by atoms with Crippen LogP contribution in [0.25, 0.3) is 0 Å². The van der Waals surface area contributed by atoms with Gasteiger partial charge in [-0.25, -0.2) is 0 Å². The van der Waals surface area contributed by atoms with Gasteiger partial charge in [0.25, 0.3) is 0 Å². The van der Waals surface area contributed by atoms with E-state index in [9.17, 15) is 18.0 Å². The maximum absolute atomic E-state index is 12.0. The van der Waals surface area contributed by atoms with Gasteiger partial charge in [-0.05, 0) is 24.6 Å². The molecule has 0 saturated heterocycles. The van der Waals surface area contributed by atoms with Crippen LogP contribution in [-0.2, 0) is 11.3 Å². The van der Waals surface area contributed by atoms with Gasteiger partial charge < -0.3 is 15.2 Å². The van der Waals surface area contributed by atoms with Gasteiger partial charge in [0.2, 0.25) is 5.91 Å². The third-order valence-corrected chi connectivity index (χ3v) is 2.92. The Balaban J connectivity index is 2.58. The maximum atomic E-state index is 12.0. The van der Waals surface area contributed by atoms with Crippen LogP contribution in [0.1, 0.15) is 25.5 Å². The zero-order valence-corrected chi connectivity index (χ0v) is 11.8. The fourth-order valence-corrected chi connectivity index (χ4v) is 2.05. The van der Waals surface area contributed by atoms with Gasteiger partial charge in [0.15, 0.2) is 0 Å². The lowest BCUT2D eigenvalue weighted by Crippen LogP contribution is -2.35. The van der Waals surface area contributed by atoms with E-state index in [4.69, 9.17) is 0 Å². The molecule has 1 aromatic rings. The van der Waals surface area contributed by atoms with Crippen LogP contribution in [0.3, 0.4) is 0 Å². The van der Waals surface area contributed by atoms with Crippen molar-refractivity contribution in [3.8, 4) is 0 Å². The predicted octanol–water partition coefficient (Wildman–Crippen LogP) is 2.08. The number of aromatic nitrogens is 1. The molecule has 0 aliphatic heterocycles. The Morgan fingerprint density at radius 3 is 2.55 bits per heavy atom. The number of carbonyl (C=O) groups is 1. The number of carbonyl (C=O) groups excluding carboxylic acids is 1. The average molecular weight is 291 g/mol. The van der Waals surface area contributed by atoms with Crippen LogP contribution in [-0.4, -0.2) is 30.2 Å². The van der Waals surface area contributed by atoms with E-state index < -0.39 is 18.6 Å². The number of hydrogen-bond donors (Lipinski definition) is 2. The van der Waals surface area contributed by atoms with Crippen molar-refractivity contribution in [1.82, 2.24) is 15.2 Å². The molecule has 1 heterocycles. The summed E-state index contributed by atoms with van der Waals surface area (Å²) >= 11 is 0. The molecular formula is C13H20F3N3O. The topological polar surface area (TPSA) is 46.1 Å². The van der Waals surface area contributed by atoms with Crippen LogP contribution in [0.4, 0.5) is 13.2 Å². The number of nitrogens with zero attached hydrogens (tertiary/aromatic N) is 1. The van der Waals surface area contributed by atoms with Gasteiger partial charge in [0, 0.05) is 18.4 Å². The molecule has 7 heteroatoms. The van der Waals surface area contributed by atoms with E-state index in [1.165, 1.54) is 0 Å². The summed E-state index contributed by atoms with van der Waals surface area (Å²) in [5.41, 5.74) is 1.01. The van der Waals surface area contributed by atoms with E-state index in [-0.39, 0.29) is 12.6 Å². The number of nitrogens with one attached hydrogen (secondary N) is 2. The minimum atomic E-state index is -4.38. The number of rotatable bonds is 6. The van der Waals surface area contributed by atoms with Crippen molar-refractivity contribution < 1.29 is 18.0 Å². The van der Waals surface area contributed by atoms with E-state index in [1.54, 1.807) is 17.0 Å². The fraction of sp³-hybridized carbons (Fsp3) is 0.615. The molecule has 0 aromatic carbocycles. The van der Waals surface area contributed by atoms with Crippen molar-refractivity contribution in [3.63, 3.8) is 0 Å². The van der Waals surface area contributed by atoms with Crippen molar-refractivity contribution in [2.24, 2.45) is 5.92 Å². The number of alkyl halides is 3. The smallest absolute Gasteiger partial charge is 0.345 e. The van der Waals surface area contributed by atoms with E-state index in [1.807, 2.05) is 18.4 Å². The van der Waals surface area contributed by atoms with Crippen molar-refractivity contribution in [2.45, 2.75) is 32.6 Å². The first kappa shape index (κ1) is 16.6. The molecule has 0 fully saturated rings. The molecule has 0 radical (unpaired) electrons. The first-order valence-corrected chi connectivity index (χ1v) is 6.39. The second-order valence-electron chi connectivity index (χ2n) is 5.02. The molecule has 0 bridgehead atoms. The minimum Gasteiger partial charge on any atom is -0.345 e. The Morgan fingerprint density at radius 1 is 1.40 bits per heavy atom. The Morgan fingerprint density at radius 2 is 2.05 bits per heavy atom. The van der Waals surface area contributed by atoms with Gasteiger partial charge in [-0.1, -0.05) is 13.8 Å². The normalized spacial score (nSPS) is 13.6. The number of halogens is 3. The fourth-order valence-electron chi connectivity index (χ4n) is 2.05. The van der Waals surface area contributed by atoms with Gasteiger partial charge in [0.05, 0.1) is 0 Å². The summed E-state index contributed by atoms with van der Waals surface area (Å²) in [6, 6.07) is 2.01. The molecule has 114 valence electrons. The van der Waals surface area contributed by atoms with Crippen LogP contribution < -0.4 is 10.6 Å². The molecule has 0 aliphatic rings. The zero-order valence-electron chi connectivity index (χ0n) is 11.8. The Labute approximate surface area is 116 Å². The highest BCUT2D eigenvalue weighted by Gasteiger charge is 2.27. The highest BCUT2D eigenvalue weighted by Crippen LogP contribution is 2.21. The Hall–Kier alpha value is -1.50. The summed E-state index contributed by atoms with van der Waals surface area (Å²) in [4.78, 5) is 11.4. The molecule has 1 aromatic heterocycles. The maximum Gasteiger partial charge on any atom is 0.405 e. The molecule has 1 rings (SSSR count). The summed E-state index contributed by atoms with van der Waals surface area (Å²) < 4.78 is 37.5. The molecule has 1 unspecified atom stereocenters. The molecule has 20 heavy (non-hydrogen) atoms. The minimum absolute atomic E-state index is 0.120. The summed E-state index contributed by atoms with van der Waals surface area (Å²) in [6.45, 7) is 2.71. The molecule has 1 atom stereocenters. The highest BCUT2D eigenvalue weighted by molar-refractivity contribution is 5.75. The lowest BCUT2D eigenvalue weighted by Gasteiger charge is -2.18. The van der Waals surface area contributed by atoms with E-state index >= 15 is 0 Å². The van der Waals surface area contributed by atoms with Crippen molar-refractivity contribution in [3.05, 3.63) is 24.0 Å². The second-order valence-corrected chi connectivity index (χ2v) is 5.02. The molecule has 2 N–H and O–H groups in total. The third-order valence-electron chi connectivity index (χ3n) is 2.92. The van der Waals surface area contributed by atoms with Gasteiger partial charge >= 0.3 is 6.18 Å². The number of amides is 1. The van der Waals surface area contributed by atoms with Crippen molar-refractivity contribution in [1.29, 1.82) is 0 Å². The summed E-state index contributed by atoms with van der Waals surface area (Å²) in [7, 11) is 1.85. The second kappa shape index (κ2) is 6.78. The summed E-state index contributed by atoms with van der Waals surface area (Å²) in [5, 5.41) is 5.01. The van der Waals surface area contributed by atoms with E-state index in [2.05, 4.69) is 19.2 Å². The third kappa shape index (κ3) is 5.24. The summed E-state index contributed by atoms with van der Waals surface area (Å²) in [6.07, 6.45) is -0.921. The van der Waals surface area contributed by atoms with Crippen LogP contribution in [0, 0.1) is 5.92 Å². The Bertz CT molecular complexity index is 440. The largest absolute Gasteiger partial charge is 0.405 e. The first-order valence-electron chi connectivity index (χ1n) is 6.39. The lowest BCUT2D eigenvalue weighted by atomic mass is 9.99. The molecule has 1 amide bonds. The Kier molecular flexibility index (Phi) is 5.62. The lowest BCUT2D eigenvalue weighted by molar-refractivity contribution is -0.138. The molecule has 0 saturated carbocycles. The van der Waals surface area contributed by atoms with Gasteiger partial charge in [-0.15, -0.1) is 0 Å². The quantitative estimate of drug-likeness (QED) is 0.843. The van der Waals surface area contributed by atoms with Gasteiger partial charge in [-0.3, -0.25) is 4.79 Å². The van der Waals surface area contributed by atoms with Crippen LogP contribution in [0.15, 0.2) is 18.5 Å². The van der Waals surface area contributed by atoms with Gasteiger partial charge in [0.1, 0.15) is 13.1 Å². The molecule has 0 aliphatic carbocycles. The first-order chi connectivity index (χ1) is 9.23. The van der Waals surface area contributed by atoms with E-state index in [0.29, 0.717) is 5.92 Å². The number of hydrogen-bond acceptors (Lipinski definition) is 2. The van der Waals surface area contributed by atoms with Gasteiger partial charge in [-0.2, -0.15) is 13.2 Å². The highest BCUT2D eigenvalue weighted by atomic mass is 19.4. The standard InChI is InChI=1S/C13H20F3N3O/c1-9(2)12(17-3)10-4-5-19(6-10)7-11(20)18-8-13(14,15)16/h4-6,9,12,17H,7-8H2,1-3H3,(H,18,20). The van der Waals surface area contributed by atoms with E-state index in [0.717, 1.165) is 5.56 Å². The van der Waals surface area contributed by atoms with Crippen LogP contribution in [0.2, 0.25) is 0 Å². The zero-order chi connectivity index (χ0) is 15.3. The van der Waals surface area contributed by atoms with Crippen molar-refractivity contribution >= 4 is 5.91 Å². The average Bonchev–Trinajstić information content (AvgIpc) is 2.74.